The minimum atomic E-state index is -3.13. The Morgan fingerprint density at radius 3 is 3.00 bits per heavy atom. The molecule has 0 radical (unpaired) electrons. The number of piperidine rings is 1. The van der Waals surface area contributed by atoms with Gasteiger partial charge in [0.2, 0.25) is 10.0 Å². The van der Waals surface area contributed by atoms with Gasteiger partial charge in [0.1, 0.15) is 0 Å². The molecule has 0 aliphatic carbocycles. The predicted octanol–water partition coefficient (Wildman–Crippen LogP) is 0.706. The van der Waals surface area contributed by atoms with Crippen molar-refractivity contribution in [2.75, 3.05) is 32.0 Å². The number of ether oxygens (including phenoxy) is 1. The van der Waals surface area contributed by atoms with Crippen molar-refractivity contribution in [1.82, 2.24) is 14.2 Å². The number of hydrogen-bond acceptors (Lipinski definition) is 5. The van der Waals surface area contributed by atoms with Gasteiger partial charge < -0.3 is 4.74 Å². The fourth-order valence-corrected chi connectivity index (χ4v) is 4.40. The van der Waals surface area contributed by atoms with E-state index in [1.807, 2.05) is 12.3 Å². The summed E-state index contributed by atoms with van der Waals surface area (Å²) in [4.78, 5) is 6.49. The van der Waals surface area contributed by atoms with Gasteiger partial charge in [-0.15, -0.1) is 0 Å². The Labute approximate surface area is 132 Å². The van der Waals surface area contributed by atoms with Gasteiger partial charge in [-0.05, 0) is 25.0 Å². The molecule has 0 N–H and O–H groups in total. The first-order valence-corrected chi connectivity index (χ1v) is 9.43. The molecule has 7 heteroatoms. The Balaban J connectivity index is 1.74. The quantitative estimate of drug-likeness (QED) is 0.816. The number of hydrogen-bond donors (Lipinski definition) is 0. The Hall–Kier alpha value is -1.02. The number of nitrogens with zero attached hydrogens (tertiary/aromatic N) is 3. The van der Waals surface area contributed by atoms with E-state index in [4.69, 9.17) is 4.74 Å². The van der Waals surface area contributed by atoms with E-state index in [9.17, 15) is 8.42 Å². The average molecular weight is 325 g/mol. The predicted molar refractivity (Wildman–Crippen MR) is 83.8 cm³/mol. The number of pyridine rings is 1. The molecule has 2 aliphatic heterocycles. The van der Waals surface area contributed by atoms with Gasteiger partial charge >= 0.3 is 0 Å². The Kier molecular flexibility index (Phi) is 4.77. The van der Waals surface area contributed by atoms with E-state index in [2.05, 4.69) is 16.0 Å². The number of morpholine rings is 1. The maximum atomic E-state index is 12.2. The van der Waals surface area contributed by atoms with Crippen LogP contribution >= 0.6 is 0 Å². The summed E-state index contributed by atoms with van der Waals surface area (Å²) in [5.41, 5.74) is 1.15. The minimum Gasteiger partial charge on any atom is -0.375 e. The monoisotopic (exact) mass is 325 g/mol. The summed E-state index contributed by atoms with van der Waals surface area (Å²) in [5.74, 6) is 0.161. The normalized spacial score (nSPS) is 27.5. The maximum absolute atomic E-state index is 12.2. The fraction of sp³-hybridized carbons (Fsp3) is 0.667. The SMILES string of the molecule is CCS(=O)(=O)N1CC[C@@H]2OCCN(Cc3cccnc3)[C@@H]2C1. The Morgan fingerprint density at radius 2 is 2.27 bits per heavy atom. The minimum absolute atomic E-state index is 0.129. The molecule has 122 valence electrons. The molecule has 0 unspecified atom stereocenters. The van der Waals surface area contributed by atoms with Crippen LogP contribution in [-0.2, 0) is 21.3 Å². The zero-order chi connectivity index (χ0) is 15.6. The van der Waals surface area contributed by atoms with Crippen molar-refractivity contribution in [3.63, 3.8) is 0 Å². The third-order valence-corrected chi connectivity index (χ3v) is 6.38. The van der Waals surface area contributed by atoms with Crippen LogP contribution in [0.4, 0.5) is 0 Å². The van der Waals surface area contributed by atoms with Crippen molar-refractivity contribution in [2.45, 2.75) is 32.0 Å². The molecule has 0 amide bonds. The molecule has 1 aromatic rings. The molecule has 1 aromatic heterocycles. The van der Waals surface area contributed by atoms with Crippen molar-refractivity contribution in [2.24, 2.45) is 0 Å². The molecule has 22 heavy (non-hydrogen) atoms. The van der Waals surface area contributed by atoms with Crippen LogP contribution in [0.25, 0.3) is 0 Å². The lowest BCUT2D eigenvalue weighted by atomic mass is 10.00. The number of rotatable bonds is 4. The van der Waals surface area contributed by atoms with Crippen LogP contribution in [0.1, 0.15) is 18.9 Å². The molecular formula is C15H23N3O3S. The van der Waals surface area contributed by atoms with E-state index in [-0.39, 0.29) is 17.9 Å². The van der Waals surface area contributed by atoms with Crippen LogP contribution in [0.15, 0.2) is 24.5 Å². The lowest BCUT2D eigenvalue weighted by Crippen LogP contribution is -2.60. The zero-order valence-electron chi connectivity index (χ0n) is 12.9. The summed E-state index contributed by atoms with van der Waals surface area (Å²) in [6.07, 6.45) is 4.54. The maximum Gasteiger partial charge on any atom is 0.213 e. The lowest BCUT2D eigenvalue weighted by molar-refractivity contribution is -0.0959. The Morgan fingerprint density at radius 1 is 1.41 bits per heavy atom. The van der Waals surface area contributed by atoms with Gasteiger partial charge in [0.15, 0.2) is 0 Å². The molecule has 3 heterocycles. The summed E-state index contributed by atoms with van der Waals surface area (Å²) in [7, 11) is -3.13. The molecule has 2 atom stereocenters. The summed E-state index contributed by atoms with van der Waals surface area (Å²) in [6.45, 7) is 5.13. The molecule has 2 aliphatic rings. The van der Waals surface area contributed by atoms with Gasteiger partial charge in [0.05, 0.1) is 24.5 Å². The second-order valence-electron chi connectivity index (χ2n) is 5.86. The van der Waals surface area contributed by atoms with Gasteiger partial charge in [-0.3, -0.25) is 9.88 Å². The van der Waals surface area contributed by atoms with E-state index in [0.717, 1.165) is 25.1 Å². The molecule has 3 rings (SSSR count). The number of sulfonamides is 1. The Bertz CT molecular complexity index is 593. The van der Waals surface area contributed by atoms with Crippen molar-refractivity contribution in [3.05, 3.63) is 30.1 Å². The van der Waals surface area contributed by atoms with Gasteiger partial charge in [-0.1, -0.05) is 6.07 Å². The second-order valence-corrected chi connectivity index (χ2v) is 8.11. The van der Waals surface area contributed by atoms with Gasteiger partial charge in [-0.25, -0.2) is 12.7 Å². The molecule has 2 saturated heterocycles. The zero-order valence-corrected chi connectivity index (χ0v) is 13.7. The van der Waals surface area contributed by atoms with Crippen LogP contribution in [0, 0.1) is 0 Å². The molecular weight excluding hydrogens is 302 g/mol. The first kappa shape index (κ1) is 15.9. The molecule has 6 nitrogen and oxygen atoms in total. The average Bonchev–Trinajstić information content (AvgIpc) is 2.56. The smallest absolute Gasteiger partial charge is 0.213 e. The van der Waals surface area contributed by atoms with Gasteiger partial charge in [0, 0.05) is 38.6 Å². The van der Waals surface area contributed by atoms with Crippen molar-refractivity contribution < 1.29 is 13.2 Å². The molecule has 0 spiro atoms. The summed E-state index contributed by atoms with van der Waals surface area (Å²) in [5, 5.41) is 0. The summed E-state index contributed by atoms with van der Waals surface area (Å²) < 4.78 is 31.8. The van der Waals surface area contributed by atoms with Crippen LogP contribution < -0.4 is 0 Å². The first-order valence-electron chi connectivity index (χ1n) is 7.82. The highest BCUT2D eigenvalue weighted by Gasteiger charge is 2.39. The number of fused-ring (bicyclic) bond motifs is 1. The largest absolute Gasteiger partial charge is 0.375 e. The highest BCUT2D eigenvalue weighted by Crippen LogP contribution is 2.26. The lowest BCUT2D eigenvalue weighted by Gasteiger charge is -2.46. The van der Waals surface area contributed by atoms with E-state index in [1.54, 1.807) is 17.4 Å². The highest BCUT2D eigenvalue weighted by molar-refractivity contribution is 7.89. The van der Waals surface area contributed by atoms with Gasteiger partial charge in [0.25, 0.3) is 0 Å². The van der Waals surface area contributed by atoms with Gasteiger partial charge in [-0.2, -0.15) is 0 Å². The highest BCUT2D eigenvalue weighted by atomic mass is 32.2. The number of aromatic nitrogens is 1. The van der Waals surface area contributed by atoms with Crippen molar-refractivity contribution in [3.8, 4) is 0 Å². The van der Waals surface area contributed by atoms with E-state index in [1.165, 1.54) is 0 Å². The molecule has 2 fully saturated rings. The van der Waals surface area contributed by atoms with Crippen LogP contribution in [0.2, 0.25) is 0 Å². The van der Waals surface area contributed by atoms with Crippen LogP contribution in [0.5, 0.6) is 0 Å². The van der Waals surface area contributed by atoms with Crippen molar-refractivity contribution in [1.29, 1.82) is 0 Å². The topological polar surface area (TPSA) is 62.7 Å². The third kappa shape index (κ3) is 3.32. The van der Waals surface area contributed by atoms with E-state index >= 15 is 0 Å². The second kappa shape index (κ2) is 6.62. The van der Waals surface area contributed by atoms with Crippen molar-refractivity contribution >= 4 is 10.0 Å². The van der Waals surface area contributed by atoms with Crippen LogP contribution in [0.3, 0.4) is 0 Å². The molecule has 0 bridgehead atoms. The first-order chi connectivity index (χ1) is 10.6. The van der Waals surface area contributed by atoms with Crippen LogP contribution in [-0.4, -0.2) is 66.7 Å². The van der Waals surface area contributed by atoms with E-state index < -0.39 is 10.0 Å². The fourth-order valence-electron chi connectivity index (χ4n) is 3.27. The third-order valence-electron chi connectivity index (χ3n) is 4.53. The van der Waals surface area contributed by atoms with E-state index in [0.29, 0.717) is 19.7 Å². The molecule has 0 aromatic carbocycles. The summed E-state index contributed by atoms with van der Waals surface area (Å²) in [6, 6.07) is 4.12. The summed E-state index contributed by atoms with van der Waals surface area (Å²) >= 11 is 0. The molecule has 0 saturated carbocycles. The standard InChI is InChI=1S/C15H23N3O3S/c1-2-22(19,20)18-7-5-15-14(12-18)17(8-9-21-15)11-13-4-3-6-16-10-13/h3-4,6,10,14-15H,2,5,7-9,11-12H2,1H3/t14-,15+/m1/s1.